The van der Waals surface area contributed by atoms with Gasteiger partial charge in [0, 0.05) is 6.54 Å². The second kappa shape index (κ2) is 9.00. The van der Waals surface area contributed by atoms with E-state index in [-0.39, 0.29) is 11.8 Å². The monoisotopic (exact) mass is 293 g/mol. The van der Waals surface area contributed by atoms with Crippen LogP contribution in [0.5, 0.6) is 5.75 Å². The van der Waals surface area contributed by atoms with Gasteiger partial charge in [-0.3, -0.25) is 9.59 Å². The van der Waals surface area contributed by atoms with Crippen molar-refractivity contribution >= 4 is 11.9 Å². The number of carboxylic acid groups (broad SMARTS) is 1. The number of nitrogens with one attached hydrogen (secondary N) is 1. The molecule has 0 radical (unpaired) electrons. The molecular formula is C16H23NO4. The van der Waals surface area contributed by atoms with Gasteiger partial charge in [0.05, 0.1) is 18.9 Å². The maximum absolute atomic E-state index is 11.6. The highest BCUT2D eigenvalue weighted by molar-refractivity contribution is 5.76. The third-order valence-corrected chi connectivity index (χ3v) is 3.24. The van der Waals surface area contributed by atoms with Crippen LogP contribution in [-0.2, 0) is 9.59 Å². The zero-order valence-corrected chi connectivity index (χ0v) is 12.6. The van der Waals surface area contributed by atoms with Crippen LogP contribution in [0.15, 0.2) is 24.3 Å². The van der Waals surface area contributed by atoms with E-state index in [4.69, 9.17) is 9.84 Å². The van der Waals surface area contributed by atoms with Gasteiger partial charge in [-0.05, 0) is 31.4 Å². The van der Waals surface area contributed by atoms with Crippen molar-refractivity contribution in [2.24, 2.45) is 5.92 Å². The minimum atomic E-state index is -0.798. The van der Waals surface area contributed by atoms with Crippen LogP contribution in [0.25, 0.3) is 0 Å². The van der Waals surface area contributed by atoms with Crippen molar-refractivity contribution in [3.8, 4) is 5.75 Å². The van der Waals surface area contributed by atoms with Crippen molar-refractivity contribution in [3.63, 3.8) is 0 Å². The second-order valence-electron chi connectivity index (χ2n) is 5.10. The molecule has 0 aliphatic rings. The van der Waals surface area contributed by atoms with Gasteiger partial charge in [0.1, 0.15) is 5.75 Å². The number of carbonyl (C=O) groups excluding carboxylic acids is 1. The van der Waals surface area contributed by atoms with Gasteiger partial charge in [0.25, 0.3) is 0 Å². The predicted molar refractivity (Wildman–Crippen MR) is 80.3 cm³/mol. The fourth-order valence-electron chi connectivity index (χ4n) is 1.82. The molecule has 1 aromatic rings. The third kappa shape index (κ3) is 6.79. The minimum absolute atomic E-state index is 0.0773. The lowest BCUT2D eigenvalue weighted by molar-refractivity contribution is -0.141. The first kappa shape index (κ1) is 17.0. The average molecular weight is 293 g/mol. The van der Waals surface area contributed by atoms with E-state index in [9.17, 15) is 9.59 Å². The minimum Gasteiger partial charge on any atom is -0.493 e. The number of carboxylic acids is 1. The van der Waals surface area contributed by atoms with Crippen molar-refractivity contribution in [3.05, 3.63) is 29.8 Å². The Morgan fingerprint density at radius 3 is 2.71 bits per heavy atom. The summed E-state index contributed by atoms with van der Waals surface area (Å²) >= 11 is 0. The van der Waals surface area contributed by atoms with Crippen LogP contribution in [-0.4, -0.2) is 30.1 Å². The molecule has 1 aromatic carbocycles. The van der Waals surface area contributed by atoms with E-state index in [0.29, 0.717) is 32.4 Å². The molecule has 1 unspecified atom stereocenters. The Balaban J connectivity index is 2.12. The molecule has 0 bridgehead atoms. The molecule has 1 atom stereocenters. The molecule has 0 fully saturated rings. The SMILES string of the molecule is Cc1ccccc1OCCC(=O)NCCCC(C)C(=O)O. The molecule has 1 amide bonds. The molecule has 21 heavy (non-hydrogen) atoms. The number of rotatable bonds is 9. The Bertz CT molecular complexity index is 473. The summed E-state index contributed by atoms with van der Waals surface area (Å²) in [5.74, 6) is -0.452. The first-order valence-corrected chi connectivity index (χ1v) is 7.18. The summed E-state index contributed by atoms with van der Waals surface area (Å²) in [4.78, 5) is 22.2. The Hall–Kier alpha value is -2.04. The Labute approximate surface area is 125 Å². The van der Waals surface area contributed by atoms with Crippen molar-refractivity contribution < 1.29 is 19.4 Å². The zero-order valence-electron chi connectivity index (χ0n) is 12.6. The largest absolute Gasteiger partial charge is 0.493 e. The lowest BCUT2D eigenvalue weighted by atomic mass is 10.1. The van der Waals surface area contributed by atoms with Gasteiger partial charge in [-0.1, -0.05) is 25.1 Å². The molecule has 0 aliphatic carbocycles. The molecule has 1 rings (SSSR count). The molecule has 5 heteroatoms. The van der Waals surface area contributed by atoms with E-state index in [1.165, 1.54) is 0 Å². The second-order valence-corrected chi connectivity index (χ2v) is 5.10. The maximum atomic E-state index is 11.6. The summed E-state index contributed by atoms with van der Waals surface area (Å²) in [7, 11) is 0. The van der Waals surface area contributed by atoms with Crippen molar-refractivity contribution in [2.45, 2.75) is 33.1 Å². The van der Waals surface area contributed by atoms with Gasteiger partial charge in [0.15, 0.2) is 0 Å². The molecule has 0 saturated carbocycles. The number of amides is 1. The lowest BCUT2D eigenvalue weighted by Gasteiger charge is -2.09. The van der Waals surface area contributed by atoms with E-state index >= 15 is 0 Å². The molecule has 0 aromatic heterocycles. The Morgan fingerprint density at radius 1 is 1.33 bits per heavy atom. The number of aliphatic carboxylic acids is 1. The molecular weight excluding hydrogens is 270 g/mol. The van der Waals surface area contributed by atoms with Gasteiger partial charge < -0.3 is 15.2 Å². The normalized spacial score (nSPS) is 11.7. The van der Waals surface area contributed by atoms with Gasteiger partial charge >= 0.3 is 5.97 Å². The Morgan fingerprint density at radius 2 is 2.05 bits per heavy atom. The highest BCUT2D eigenvalue weighted by Gasteiger charge is 2.10. The predicted octanol–water partition coefficient (Wildman–Crippen LogP) is 2.38. The van der Waals surface area contributed by atoms with Gasteiger partial charge in [-0.2, -0.15) is 0 Å². The van der Waals surface area contributed by atoms with Crippen LogP contribution in [0.3, 0.4) is 0 Å². The summed E-state index contributed by atoms with van der Waals surface area (Å²) in [6, 6.07) is 7.67. The van der Waals surface area contributed by atoms with Crippen LogP contribution >= 0.6 is 0 Å². The number of hydrogen-bond acceptors (Lipinski definition) is 3. The molecule has 0 spiro atoms. The molecule has 0 saturated heterocycles. The molecule has 0 aliphatic heterocycles. The van der Waals surface area contributed by atoms with E-state index in [1.54, 1.807) is 6.92 Å². The standard InChI is InChI=1S/C16H23NO4/c1-12-6-3-4-8-14(12)21-11-9-15(18)17-10-5-7-13(2)16(19)20/h3-4,6,8,13H,5,7,9-11H2,1-2H3,(H,17,18)(H,19,20). The highest BCUT2D eigenvalue weighted by atomic mass is 16.5. The van der Waals surface area contributed by atoms with E-state index in [0.717, 1.165) is 11.3 Å². The summed E-state index contributed by atoms with van der Waals surface area (Å²) in [6.45, 7) is 4.46. The average Bonchev–Trinajstić information content (AvgIpc) is 2.45. The van der Waals surface area contributed by atoms with Crippen molar-refractivity contribution in [1.82, 2.24) is 5.32 Å². The fourth-order valence-corrected chi connectivity index (χ4v) is 1.82. The number of benzene rings is 1. The van der Waals surface area contributed by atoms with Gasteiger partial charge in [-0.15, -0.1) is 0 Å². The molecule has 0 heterocycles. The first-order chi connectivity index (χ1) is 10.0. The fraction of sp³-hybridized carbons (Fsp3) is 0.500. The van der Waals surface area contributed by atoms with Crippen molar-refractivity contribution in [2.75, 3.05) is 13.2 Å². The van der Waals surface area contributed by atoms with Crippen molar-refractivity contribution in [1.29, 1.82) is 0 Å². The Kier molecular flexibility index (Phi) is 7.29. The molecule has 116 valence electrons. The maximum Gasteiger partial charge on any atom is 0.306 e. The van der Waals surface area contributed by atoms with Crippen LogP contribution in [0.1, 0.15) is 31.7 Å². The van der Waals surface area contributed by atoms with Gasteiger partial charge in [0.2, 0.25) is 5.91 Å². The number of ether oxygens (including phenoxy) is 1. The van der Waals surface area contributed by atoms with Crippen LogP contribution < -0.4 is 10.1 Å². The van der Waals surface area contributed by atoms with E-state index < -0.39 is 5.97 Å². The van der Waals surface area contributed by atoms with E-state index in [1.807, 2.05) is 31.2 Å². The number of aryl methyl sites for hydroxylation is 1. The van der Waals surface area contributed by atoms with Crippen LogP contribution in [0.2, 0.25) is 0 Å². The van der Waals surface area contributed by atoms with Gasteiger partial charge in [-0.25, -0.2) is 0 Å². The number of para-hydroxylation sites is 1. The summed E-state index contributed by atoms with van der Waals surface area (Å²) in [6.07, 6.45) is 1.52. The quantitative estimate of drug-likeness (QED) is 0.685. The molecule has 2 N–H and O–H groups in total. The van der Waals surface area contributed by atoms with Crippen LogP contribution in [0.4, 0.5) is 0 Å². The third-order valence-electron chi connectivity index (χ3n) is 3.24. The summed E-state index contributed by atoms with van der Waals surface area (Å²) < 4.78 is 5.54. The zero-order chi connectivity index (χ0) is 15.7. The molecule has 5 nitrogen and oxygen atoms in total. The van der Waals surface area contributed by atoms with Crippen LogP contribution in [0, 0.1) is 12.8 Å². The highest BCUT2D eigenvalue weighted by Crippen LogP contribution is 2.16. The summed E-state index contributed by atoms with van der Waals surface area (Å²) in [5.41, 5.74) is 1.04. The topological polar surface area (TPSA) is 75.6 Å². The number of carbonyl (C=O) groups is 2. The number of hydrogen-bond donors (Lipinski definition) is 2. The first-order valence-electron chi connectivity index (χ1n) is 7.18. The smallest absolute Gasteiger partial charge is 0.306 e. The lowest BCUT2D eigenvalue weighted by Crippen LogP contribution is -2.26. The van der Waals surface area contributed by atoms with E-state index in [2.05, 4.69) is 5.32 Å². The summed E-state index contributed by atoms with van der Waals surface area (Å²) in [5, 5.41) is 11.5.